The Hall–Kier alpha value is -3.73. The second kappa shape index (κ2) is 16.9. The van der Waals surface area contributed by atoms with Gasteiger partial charge in [0.05, 0.1) is 26.5 Å². The second-order valence-electron chi connectivity index (χ2n) is 11.9. The molecule has 1 unspecified atom stereocenters. The van der Waals surface area contributed by atoms with E-state index < -0.39 is 36.9 Å². The predicted molar refractivity (Wildman–Crippen MR) is 171 cm³/mol. The topological polar surface area (TPSA) is 165 Å². The Morgan fingerprint density at radius 2 is 1.28 bits per heavy atom. The third kappa shape index (κ3) is 9.00. The lowest BCUT2D eigenvalue weighted by atomic mass is 10.1. The summed E-state index contributed by atoms with van der Waals surface area (Å²) in [7, 11) is -0.938. The predicted octanol–water partition coefficient (Wildman–Crippen LogP) is -2.88. The summed E-state index contributed by atoms with van der Waals surface area (Å²) in [6, 6.07) is 12.3. The van der Waals surface area contributed by atoms with Crippen LogP contribution in [0.1, 0.15) is 50.7 Å². The minimum absolute atomic E-state index is 0. The molecule has 47 heavy (non-hydrogen) atoms. The van der Waals surface area contributed by atoms with Crippen LogP contribution in [0, 0.1) is 0 Å². The molecule has 0 radical (unpaired) electrons. The molecule has 0 spiro atoms. The maximum absolute atomic E-state index is 15.5. The zero-order valence-electron chi connectivity index (χ0n) is 27.2. The third-order valence-electron chi connectivity index (χ3n) is 8.66. The molecule has 0 bridgehead atoms. The number of esters is 2. The van der Waals surface area contributed by atoms with Crippen molar-refractivity contribution < 1.29 is 55.7 Å². The molecule has 0 aromatic heterocycles. The van der Waals surface area contributed by atoms with Gasteiger partial charge in [-0.3, -0.25) is 14.4 Å². The van der Waals surface area contributed by atoms with Crippen LogP contribution < -0.4 is 39.0 Å². The quantitative estimate of drug-likeness (QED) is 0.158. The summed E-state index contributed by atoms with van der Waals surface area (Å²) >= 11 is 0. The lowest BCUT2D eigenvalue weighted by Crippen LogP contribution is -3.00. The molecule has 2 aliphatic heterocycles. The van der Waals surface area contributed by atoms with Gasteiger partial charge in [0.1, 0.15) is 12.1 Å². The number of carbonyl (C=O) groups excluding carboxylic acids is 5. The van der Waals surface area contributed by atoms with E-state index in [0.717, 1.165) is 36.9 Å². The van der Waals surface area contributed by atoms with Gasteiger partial charge in [-0.15, -0.1) is 0 Å². The van der Waals surface area contributed by atoms with E-state index in [4.69, 9.17) is 9.47 Å². The first-order valence-electron chi connectivity index (χ1n) is 15.6. The first-order chi connectivity index (χ1) is 22.0. The minimum Gasteiger partial charge on any atom is -1.00 e. The molecule has 2 aromatic rings. The summed E-state index contributed by atoms with van der Waals surface area (Å²) in [6.07, 6.45) is 3.45. The van der Waals surface area contributed by atoms with Crippen molar-refractivity contribution in [3.63, 3.8) is 0 Å². The van der Waals surface area contributed by atoms with E-state index in [0.29, 0.717) is 23.6 Å². The average molecular weight is 691 g/mol. The van der Waals surface area contributed by atoms with E-state index in [2.05, 4.69) is 16.0 Å². The van der Waals surface area contributed by atoms with E-state index in [-0.39, 0.29) is 49.0 Å². The van der Waals surface area contributed by atoms with E-state index in [1.54, 1.807) is 48.5 Å². The summed E-state index contributed by atoms with van der Waals surface area (Å²) in [5, 5.41) is 8.43. The van der Waals surface area contributed by atoms with Crippen molar-refractivity contribution in [2.24, 2.45) is 0 Å². The Bertz CT molecular complexity index is 1390. The highest BCUT2D eigenvalue weighted by Gasteiger charge is 2.47. The van der Waals surface area contributed by atoms with Crippen molar-refractivity contribution >= 4 is 47.4 Å². The normalized spacial score (nSPS) is 18.8. The Morgan fingerprint density at radius 1 is 0.809 bits per heavy atom. The number of amides is 3. The molecule has 0 saturated carbocycles. The van der Waals surface area contributed by atoms with Gasteiger partial charge in [-0.25, -0.2) is 9.59 Å². The van der Waals surface area contributed by atoms with Crippen LogP contribution in [0.5, 0.6) is 0 Å². The second-order valence-corrected chi connectivity index (χ2v) is 14.8. The standard InChI is InChI=1S/C33H43N4O8P.ClH/c1-21(38)35-28(32(41)44-3)19-23-9-13-25(14-10-23)46(43,30-8-6-18-37(30)31(40)27-7-5-17-34-27)26-15-11-24(12-16-26)20-29(33(42)45-4)36-22(2)39;/h9-16,27-30,34H,5-8,17-20H2,1-4H3,(H,35,38)(H,36,39);1H/t27-,28-,29-,30?;/m0./s1. The van der Waals surface area contributed by atoms with Crippen molar-refractivity contribution in [1.29, 1.82) is 0 Å². The maximum Gasteiger partial charge on any atom is 0.328 e. The summed E-state index contributed by atoms with van der Waals surface area (Å²) in [6.45, 7) is 4.08. The molecular formula is C33H44ClN4O8P. The third-order valence-corrected chi connectivity index (χ3v) is 12.2. The summed E-state index contributed by atoms with van der Waals surface area (Å²) < 4.78 is 25.3. The van der Waals surface area contributed by atoms with Crippen LogP contribution in [-0.2, 0) is 50.9 Å². The molecular weight excluding hydrogens is 647 g/mol. The molecule has 0 aliphatic carbocycles. The Labute approximate surface area is 281 Å². The molecule has 14 heteroatoms. The highest BCUT2D eigenvalue weighted by molar-refractivity contribution is 7.79. The molecule has 256 valence electrons. The van der Waals surface area contributed by atoms with Gasteiger partial charge in [-0.1, -0.05) is 48.5 Å². The largest absolute Gasteiger partial charge is 1.00 e. The number of ether oxygens (including phenoxy) is 2. The summed E-state index contributed by atoms with van der Waals surface area (Å²) in [5.74, 6) is -2.37. The van der Waals surface area contributed by atoms with E-state index in [1.165, 1.54) is 28.1 Å². The molecule has 2 fully saturated rings. The molecule has 2 heterocycles. The number of quaternary nitrogens is 1. The Morgan fingerprint density at radius 3 is 1.66 bits per heavy atom. The van der Waals surface area contributed by atoms with E-state index in [1.807, 2.05) is 4.90 Å². The maximum atomic E-state index is 15.5. The first kappa shape index (κ1) is 37.7. The van der Waals surface area contributed by atoms with Gasteiger partial charge in [0.2, 0.25) is 11.8 Å². The fourth-order valence-corrected chi connectivity index (χ4v) is 9.77. The number of rotatable bonds is 12. The SMILES string of the molecule is COC(=O)[C@H](Cc1ccc(P(=O)(c2ccc(C[C@H](NC(C)=O)C(=O)OC)cc2)C2CCCN2C(=O)[C@@H]2CCC[NH2+]2)cc1)NC(C)=O.[Cl-]. The van der Waals surface area contributed by atoms with Gasteiger partial charge in [0, 0.05) is 56.7 Å². The molecule has 2 saturated heterocycles. The van der Waals surface area contributed by atoms with Crippen LogP contribution in [0.3, 0.4) is 0 Å². The zero-order valence-corrected chi connectivity index (χ0v) is 28.9. The van der Waals surface area contributed by atoms with Gasteiger partial charge >= 0.3 is 11.9 Å². The molecule has 4 N–H and O–H groups in total. The number of hydrogen-bond acceptors (Lipinski definition) is 8. The molecule has 4 rings (SSSR count). The molecule has 12 nitrogen and oxygen atoms in total. The fourth-order valence-electron chi connectivity index (χ4n) is 6.43. The number of nitrogens with two attached hydrogens (primary N) is 1. The number of benzene rings is 2. The summed E-state index contributed by atoms with van der Waals surface area (Å²) in [5.41, 5.74) is 1.48. The number of methoxy groups -OCH3 is 2. The van der Waals surface area contributed by atoms with Crippen molar-refractivity contribution in [1.82, 2.24) is 15.5 Å². The summed E-state index contributed by atoms with van der Waals surface area (Å²) in [4.78, 5) is 63.4. The Balaban J connectivity index is 0.00000600. The van der Waals surface area contributed by atoms with Gasteiger partial charge in [-0.05, 0) is 24.0 Å². The molecule has 4 atom stereocenters. The van der Waals surface area contributed by atoms with Crippen LogP contribution in [0.2, 0.25) is 0 Å². The smallest absolute Gasteiger partial charge is 0.328 e. The lowest BCUT2D eigenvalue weighted by molar-refractivity contribution is -0.658. The van der Waals surface area contributed by atoms with Crippen molar-refractivity contribution in [3.8, 4) is 0 Å². The van der Waals surface area contributed by atoms with E-state index in [9.17, 15) is 24.0 Å². The highest BCUT2D eigenvalue weighted by Crippen LogP contribution is 2.54. The molecule has 3 amide bonds. The van der Waals surface area contributed by atoms with Gasteiger partial charge in [-0.2, -0.15) is 0 Å². The van der Waals surface area contributed by atoms with Crippen molar-refractivity contribution in [3.05, 3.63) is 59.7 Å². The van der Waals surface area contributed by atoms with Crippen LogP contribution in [0.15, 0.2) is 48.5 Å². The van der Waals surface area contributed by atoms with Gasteiger partial charge in [0.15, 0.2) is 13.2 Å². The highest BCUT2D eigenvalue weighted by atomic mass is 35.5. The van der Waals surface area contributed by atoms with Gasteiger partial charge < -0.3 is 47.3 Å². The van der Waals surface area contributed by atoms with Crippen molar-refractivity contribution in [2.75, 3.05) is 27.3 Å². The zero-order chi connectivity index (χ0) is 33.4. The number of carbonyl (C=O) groups is 5. The van der Waals surface area contributed by atoms with Crippen LogP contribution >= 0.6 is 7.14 Å². The number of halogens is 1. The van der Waals surface area contributed by atoms with Crippen LogP contribution in [0.25, 0.3) is 0 Å². The number of likely N-dealkylation sites (tertiary alicyclic amines) is 1. The first-order valence-corrected chi connectivity index (χ1v) is 17.4. The van der Waals surface area contributed by atoms with E-state index >= 15 is 4.57 Å². The number of hydrogen-bond donors (Lipinski definition) is 3. The monoisotopic (exact) mass is 690 g/mol. The van der Waals surface area contributed by atoms with Gasteiger partial charge in [0.25, 0.3) is 5.91 Å². The lowest BCUT2D eigenvalue weighted by Gasteiger charge is -2.33. The number of nitrogens with one attached hydrogen (secondary N) is 2. The van der Waals surface area contributed by atoms with Crippen molar-refractivity contribution in [2.45, 2.75) is 76.3 Å². The average Bonchev–Trinajstić information content (AvgIpc) is 3.77. The van der Waals surface area contributed by atoms with Crippen LogP contribution in [-0.4, -0.2) is 85.8 Å². The molecule has 2 aromatic carbocycles. The fraction of sp³-hybridized carbons (Fsp3) is 0.485. The minimum atomic E-state index is -3.46. The molecule has 2 aliphatic rings. The number of nitrogens with zero attached hydrogens (tertiary/aromatic N) is 1. The Kier molecular flexibility index (Phi) is 13.6. The van der Waals surface area contributed by atoms with Crippen LogP contribution in [0.4, 0.5) is 0 Å².